The molecule has 0 saturated heterocycles. The smallest absolute Gasteiger partial charge is 0.442 e. The summed E-state index contributed by atoms with van der Waals surface area (Å²) in [4.78, 5) is 14.5. The van der Waals surface area contributed by atoms with Crippen molar-refractivity contribution in [2.24, 2.45) is 0 Å². The molecule has 0 bridgehead atoms. The summed E-state index contributed by atoms with van der Waals surface area (Å²) in [5, 5.41) is 0.699. The van der Waals surface area contributed by atoms with Crippen LogP contribution in [-0.4, -0.2) is 12.1 Å². The first-order valence-electron chi connectivity index (χ1n) is 3.75. The van der Waals surface area contributed by atoms with E-state index in [9.17, 15) is 4.79 Å². The van der Waals surface area contributed by atoms with E-state index in [1.54, 1.807) is 18.2 Å². The fourth-order valence-corrected chi connectivity index (χ4v) is 1.15. The Morgan fingerprint density at radius 1 is 1.38 bits per heavy atom. The number of hydrogen-bond donors (Lipinski definition) is 0. The monoisotopic (exact) mass is 177 g/mol. The number of fused-ring (bicyclic) bond motifs is 1. The van der Waals surface area contributed by atoms with Gasteiger partial charge in [-0.3, -0.25) is 0 Å². The van der Waals surface area contributed by atoms with Gasteiger partial charge in [0.25, 0.3) is 0 Å². The highest BCUT2D eigenvalue weighted by Crippen LogP contribution is 2.19. The second kappa shape index (κ2) is 2.90. The minimum absolute atomic E-state index is 0.298. The van der Waals surface area contributed by atoms with E-state index in [0.29, 0.717) is 16.8 Å². The van der Waals surface area contributed by atoms with Crippen LogP contribution in [0.5, 0.6) is 5.88 Å². The van der Waals surface area contributed by atoms with E-state index >= 15 is 0 Å². The molecule has 0 amide bonds. The van der Waals surface area contributed by atoms with Gasteiger partial charge in [-0.1, -0.05) is 12.1 Å². The minimum Gasteiger partial charge on any atom is -0.480 e. The molecule has 0 aliphatic heterocycles. The van der Waals surface area contributed by atoms with Crippen LogP contribution in [0, 0.1) is 0 Å². The van der Waals surface area contributed by atoms with Gasteiger partial charge in [-0.2, -0.15) is 0 Å². The summed E-state index contributed by atoms with van der Waals surface area (Å²) in [7, 11) is 1.47. The molecule has 0 radical (unpaired) electrons. The van der Waals surface area contributed by atoms with E-state index in [1.807, 2.05) is 6.07 Å². The summed E-state index contributed by atoms with van der Waals surface area (Å²) >= 11 is 0. The Kier molecular flexibility index (Phi) is 1.73. The summed E-state index contributed by atoms with van der Waals surface area (Å²) in [6, 6.07) is 7.09. The first-order chi connectivity index (χ1) is 6.31. The number of rotatable bonds is 1. The third kappa shape index (κ3) is 1.26. The number of methoxy groups -OCH3 is 1. The Labute approximate surface area is 73.8 Å². The van der Waals surface area contributed by atoms with Crippen LogP contribution in [-0.2, 0) is 0 Å². The molecule has 1 aromatic heterocycles. The maximum atomic E-state index is 10.9. The Hall–Kier alpha value is -1.84. The van der Waals surface area contributed by atoms with Gasteiger partial charge >= 0.3 is 5.76 Å². The van der Waals surface area contributed by atoms with Gasteiger partial charge in [0.1, 0.15) is 5.58 Å². The highest BCUT2D eigenvalue weighted by molar-refractivity contribution is 5.81. The van der Waals surface area contributed by atoms with E-state index in [0.717, 1.165) is 0 Å². The second-order valence-corrected chi connectivity index (χ2v) is 2.49. The summed E-state index contributed by atoms with van der Waals surface area (Å²) in [6.45, 7) is 0. The minimum atomic E-state index is -0.643. The normalized spacial score (nSPS) is 10.2. The summed E-state index contributed by atoms with van der Waals surface area (Å²) in [5.41, 5.74) is 0.486. The van der Waals surface area contributed by atoms with Crippen LogP contribution in [0.25, 0.3) is 11.0 Å². The number of para-hydroxylation sites is 1. The molecule has 66 valence electrons. The van der Waals surface area contributed by atoms with Crippen LogP contribution in [0.15, 0.2) is 33.5 Å². The Morgan fingerprint density at radius 2 is 2.15 bits per heavy atom. The lowest BCUT2D eigenvalue weighted by atomic mass is 10.2. The topological polar surface area (TPSA) is 52.3 Å². The van der Waals surface area contributed by atoms with Crippen LogP contribution >= 0.6 is 0 Å². The Bertz CT molecular complexity index is 489. The molecule has 4 nitrogen and oxygen atoms in total. The van der Waals surface area contributed by atoms with Crippen molar-refractivity contribution in [3.05, 3.63) is 34.8 Å². The molecule has 0 N–H and O–H groups in total. The molecular formula is C9H7NO3. The molecule has 0 aliphatic rings. The van der Waals surface area contributed by atoms with E-state index in [2.05, 4.69) is 4.98 Å². The third-order valence-corrected chi connectivity index (χ3v) is 1.70. The number of benzene rings is 1. The van der Waals surface area contributed by atoms with Crippen molar-refractivity contribution in [3.8, 4) is 5.88 Å². The van der Waals surface area contributed by atoms with E-state index in [4.69, 9.17) is 9.15 Å². The number of aromatic nitrogens is 1. The zero-order valence-corrected chi connectivity index (χ0v) is 6.98. The summed E-state index contributed by atoms with van der Waals surface area (Å²) < 4.78 is 9.79. The molecule has 0 aliphatic carbocycles. The van der Waals surface area contributed by atoms with E-state index in [1.165, 1.54) is 7.11 Å². The predicted molar refractivity (Wildman–Crippen MR) is 46.8 cm³/mol. The van der Waals surface area contributed by atoms with Crippen molar-refractivity contribution >= 4 is 11.0 Å². The fraction of sp³-hybridized carbons (Fsp3) is 0.111. The fourth-order valence-electron chi connectivity index (χ4n) is 1.15. The van der Waals surface area contributed by atoms with Gasteiger partial charge < -0.3 is 9.15 Å². The lowest BCUT2D eigenvalue weighted by Crippen LogP contribution is -2.05. The van der Waals surface area contributed by atoms with Gasteiger partial charge in [0, 0.05) is 0 Å². The Morgan fingerprint density at radius 3 is 2.92 bits per heavy atom. The van der Waals surface area contributed by atoms with Crippen LogP contribution in [0.1, 0.15) is 0 Å². The molecule has 0 atom stereocenters. The molecular weight excluding hydrogens is 170 g/mol. The van der Waals surface area contributed by atoms with Crippen molar-refractivity contribution < 1.29 is 9.15 Å². The standard InChI is InChI=1S/C9H7NO3/c1-12-8-6-4-2-3-5-7(6)13-9(11)10-8/h2-5H,1H3. The molecule has 1 aromatic carbocycles. The molecule has 4 heteroatoms. The molecule has 0 fully saturated rings. The summed E-state index contributed by atoms with van der Waals surface area (Å²) in [5.74, 6) is -0.345. The van der Waals surface area contributed by atoms with Crippen LogP contribution in [0.3, 0.4) is 0 Å². The highest BCUT2D eigenvalue weighted by Gasteiger charge is 2.04. The summed E-state index contributed by atoms with van der Waals surface area (Å²) in [6.07, 6.45) is 0. The van der Waals surface area contributed by atoms with Crippen LogP contribution in [0.4, 0.5) is 0 Å². The predicted octanol–water partition coefficient (Wildman–Crippen LogP) is 1.20. The Balaban J connectivity index is 2.89. The van der Waals surface area contributed by atoms with Gasteiger partial charge in [0.05, 0.1) is 12.5 Å². The molecule has 0 saturated carbocycles. The first-order valence-corrected chi connectivity index (χ1v) is 3.75. The second-order valence-electron chi connectivity index (χ2n) is 2.49. The average Bonchev–Trinajstić information content (AvgIpc) is 2.16. The molecule has 1 heterocycles. The van der Waals surface area contributed by atoms with Crippen LogP contribution in [0.2, 0.25) is 0 Å². The van der Waals surface area contributed by atoms with Crippen molar-refractivity contribution in [2.45, 2.75) is 0 Å². The SMILES string of the molecule is COc1nc(=O)oc2ccccc12. The molecule has 2 rings (SSSR count). The van der Waals surface area contributed by atoms with Gasteiger partial charge in [-0.25, -0.2) is 4.79 Å². The number of ether oxygens (including phenoxy) is 1. The van der Waals surface area contributed by atoms with Gasteiger partial charge in [-0.05, 0) is 12.1 Å². The number of nitrogens with zero attached hydrogens (tertiary/aromatic N) is 1. The van der Waals surface area contributed by atoms with E-state index in [-0.39, 0.29) is 0 Å². The molecule has 0 spiro atoms. The zero-order valence-electron chi connectivity index (χ0n) is 6.98. The maximum absolute atomic E-state index is 10.9. The highest BCUT2D eigenvalue weighted by atomic mass is 16.5. The van der Waals surface area contributed by atoms with Crippen molar-refractivity contribution in [1.82, 2.24) is 4.98 Å². The van der Waals surface area contributed by atoms with Crippen molar-refractivity contribution in [1.29, 1.82) is 0 Å². The molecule has 13 heavy (non-hydrogen) atoms. The van der Waals surface area contributed by atoms with E-state index < -0.39 is 5.76 Å². The lowest BCUT2D eigenvalue weighted by Gasteiger charge is -2.00. The molecule has 0 unspecified atom stereocenters. The van der Waals surface area contributed by atoms with Crippen LogP contribution < -0.4 is 10.5 Å². The van der Waals surface area contributed by atoms with Gasteiger partial charge in [0.15, 0.2) is 0 Å². The molecule has 2 aromatic rings. The van der Waals surface area contributed by atoms with Gasteiger partial charge in [0.2, 0.25) is 5.88 Å². The first kappa shape index (κ1) is 7.79. The average molecular weight is 177 g/mol. The van der Waals surface area contributed by atoms with Gasteiger partial charge in [-0.15, -0.1) is 4.98 Å². The zero-order chi connectivity index (χ0) is 9.26. The number of hydrogen-bond acceptors (Lipinski definition) is 4. The van der Waals surface area contributed by atoms with Crippen molar-refractivity contribution in [2.75, 3.05) is 7.11 Å². The van der Waals surface area contributed by atoms with Crippen molar-refractivity contribution in [3.63, 3.8) is 0 Å². The third-order valence-electron chi connectivity index (χ3n) is 1.70. The largest absolute Gasteiger partial charge is 0.480 e. The maximum Gasteiger partial charge on any atom is 0.442 e. The quantitative estimate of drug-likeness (QED) is 0.656. The lowest BCUT2D eigenvalue weighted by molar-refractivity contribution is 0.388.